The Balaban J connectivity index is 1.51. The summed E-state index contributed by atoms with van der Waals surface area (Å²) in [6.07, 6.45) is 0. The third kappa shape index (κ3) is 3.74. The zero-order valence-electron chi connectivity index (χ0n) is 16.1. The molecule has 8 heteroatoms. The number of fused-ring (bicyclic) bond motifs is 1. The Hall–Kier alpha value is -2.45. The molecule has 1 aromatic heterocycles. The molecule has 4 rings (SSSR count). The predicted molar refractivity (Wildman–Crippen MR) is 118 cm³/mol. The number of halogens is 1. The summed E-state index contributed by atoms with van der Waals surface area (Å²) in [5.41, 5.74) is 0.856. The van der Waals surface area contributed by atoms with Crippen molar-refractivity contribution in [3.05, 3.63) is 53.8 Å². The average Bonchev–Trinajstić information content (AvgIpc) is 3.19. The Labute approximate surface area is 173 Å². The van der Waals surface area contributed by atoms with Gasteiger partial charge in [-0.15, -0.1) is 0 Å². The van der Waals surface area contributed by atoms with Crippen LogP contribution in [0.4, 0.5) is 9.52 Å². The van der Waals surface area contributed by atoms with Gasteiger partial charge in [-0.05, 0) is 39.7 Å². The summed E-state index contributed by atoms with van der Waals surface area (Å²) in [5.74, 6) is 3.78. The lowest BCUT2D eigenvalue weighted by Gasteiger charge is -2.35. The van der Waals surface area contributed by atoms with E-state index in [0.29, 0.717) is 47.9 Å². The Morgan fingerprint density at radius 2 is 1.90 bits per heavy atom. The molecule has 0 bridgehead atoms. The molecule has 3 aromatic rings. The Bertz CT molecular complexity index is 1170. The average molecular weight is 432 g/mol. The van der Waals surface area contributed by atoms with Crippen LogP contribution in [-0.4, -0.2) is 57.8 Å². The van der Waals surface area contributed by atoms with E-state index in [-0.39, 0.29) is 11.7 Å². The number of hydrogen-bond acceptors (Lipinski definition) is 5. The molecule has 1 amide bonds. The van der Waals surface area contributed by atoms with Crippen LogP contribution in [0.2, 0.25) is 0 Å². The van der Waals surface area contributed by atoms with Crippen molar-refractivity contribution in [3.8, 4) is 0 Å². The van der Waals surface area contributed by atoms with Gasteiger partial charge in [-0.25, -0.2) is 9.37 Å². The van der Waals surface area contributed by atoms with Gasteiger partial charge in [-0.1, -0.05) is 36.5 Å². The van der Waals surface area contributed by atoms with Crippen LogP contribution in [-0.2, 0) is 9.52 Å². The minimum atomic E-state index is -2.49. The van der Waals surface area contributed by atoms with Gasteiger partial charge in [0.1, 0.15) is 11.3 Å². The molecular weight excluding hydrogens is 409 g/mol. The second-order valence-electron chi connectivity index (χ2n) is 6.96. The van der Waals surface area contributed by atoms with Crippen molar-refractivity contribution in [1.29, 1.82) is 0 Å². The predicted octanol–water partition coefficient (Wildman–Crippen LogP) is 3.49. The molecule has 0 spiro atoms. The van der Waals surface area contributed by atoms with E-state index >= 15 is 0 Å². The van der Waals surface area contributed by atoms with E-state index in [4.69, 9.17) is 0 Å². The third-order valence-electron chi connectivity index (χ3n) is 5.18. The number of thiazole rings is 1. The van der Waals surface area contributed by atoms with Crippen molar-refractivity contribution >= 4 is 48.0 Å². The highest BCUT2D eigenvalue weighted by atomic mass is 32.2. The number of benzene rings is 2. The van der Waals surface area contributed by atoms with Crippen LogP contribution in [0.15, 0.2) is 47.4 Å². The quantitative estimate of drug-likeness (QED) is 0.594. The van der Waals surface area contributed by atoms with Gasteiger partial charge in [0.05, 0.1) is 10.3 Å². The number of anilines is 1. The molecule has 1 saturated heterocycles. The van der Waals surface area contributed by atoms with Crippen molar-refractivity contribution in [2.45, 2.75) is 11.8 Å². The summed E-state index contributed by atoms with van der Waals surface area (Å²) in [4.78, 5) is 21.9. The number of rotatable bonds is 4. The van der Waals surface area contributed by atoms with Crippen LogP contribution in [0.25, 0.3) is 10.2 Å². The summed E-state index contributed by atoms with van der Waals surface area (Å²) in [7, 11) is -2.49. The summed E-state index contributed by atoms with van der Waals surface area (Å²) in [6.45, 7) is 4.09. The first-order valence-corrected chi connectivity index (χ1v) is 12.2. The molecule has 29 heavy (non-hydrogen) atoms. The number of hydrogen-bond donors (Lipinski definition) is 0. The lowest BCUT2D eigenvalue weighted by Crippen LogP contribution is -2.49. The van der Waals surface area contributed by atoms with Crippen LogP contribution in [0.5, 0.6) is 0 Å². The van der Waals surface area contributed by atoms with E-state index in [1.165, 1.54) is 17.4 Å². The van der Waals surface area contributed by atoms with Gasteiger partial charge in [0, 0.05) is 36.8 Å². The summed E-state index contributed by atoms with van der Waals surface area (Å²) in [6, 6.07) is 12.0. The molecule has 2 aromatic carbocycles. The second kappa shape index (κ2) is 7.76. The van der Waals surface area contributed by atoms with Crippen molar-refractivity contribution in [2.75, 3.05) is 36.8 Å². The third-order valence-corrected chi connectivity index (χ3v) is 8.35. The summed E-state index contributed by atoms with van der Waals surface area (Å²) in [5, 5.41) is 0.768. The fraction of sp³-hybridized carbons (Fsp3) is 0.286. The van der Waals surface area contributed by atoms with Crippen LogP contribution in [0.3, 0.4) is 0 Å². The minimum Gasteiger partial charge on any atom is -0.345 e. The molecule has 0 radical (unpaired) electrons. The molecule has 1 aliphatic heterocycles. The fourth-order valence-corrected chi connectivity index (χ4v) is 5.66. The highest BCUT2D eigenvalue weighted by Crippen LogP contribution is 2.31. The zero-order valence-corrected chi connectivity index (χ0v) is 17.8. The number of aromatic nitrogens is 1. The Morgan fingerprint density at radius 3 is 2.59 bits per heavy atom. The van der Waals surface area contributed by atoms with Crippen molar-refractivity contribution < 1.29 is 13.4 Å². The van der Waals surface area contributed by atoms with E-state index < -0.39 is 9.52 Å². The van der Waals surface area contributed by atoms with Crippen LogP contribution in [0.1, 0.15) is 17.3 Å². The Morgan fingerprint density at radius 1 is 1.17 bits per heavy atom. The topological polar surface area (TPSA) is 53.5 Å². The number of carbonyl (C=O) groups is 1. The molecule has 1 fully saturated rings. The number of piperazine rings is 1. The van der Waals surface area contributed by atoms with Crippen LogP contribution < -0.4 is 4.90 Å². The lowest BCUT2D eigenvalue weighted by molar-refractivity contribution is 0.0743. The van der Waals surface area contributed by atoms with Gasteiger partial charge < -0.3 is 9.80 Å². The molecule has 0 saturated carbocycles. The largest absolute Gasteiger partial charge is 0.345 e. The zero-order chi connectivity index (χ0) is 20.6. The van der Waals surface area contributed by atoms with E-state index in [1.807, 2.05) is 13.0 Å². The van der Waals surface area contributed by atoms with Gasteiger partial charge in [0.2, 0.25) is 0 Å². The van der Waals surface area contributed by atoms with Crippen LogP contribution in [0, 0.1) is 5.82 Å². The smallest absolute Gasteiger partial charge is 0.255 e. The van der Waals surface area contributed by atoms with Crippen molar-refractivity contribution in [2.24, 2.45) is 0 Å². The Kier molecular flexibility index (Phi) is 5.31. The number of para-hydroxylation sites is 1. The van der Waals surface area contributed by atoms with Gasteiger partial charge in [-0.2, -0.15) is 0 Å². The lowest BCUT2D eigenvalue weighted by atomic mass is 10.2. The normalized spacial score (nSPS) is 16.8. The first-order valence-electron chi connectivity index (χ1n) is 9.44. The maximum absolute atomic E-state index is 13.9. The highest BCUT2D eigenvalue weighted by molar-refractivity contribution is 8.00. The maximum atomic E-state index is 13.9. The van der Waals surface area contributed by atoms with Crippen LogP contribution >= 0.6 is 11.3 Å². The van der Waals surface area contributed by atoms with E-state index in [2.05, 4.69) is 15.8 Å². The van der Waals surface area contributed by atoms with Crippen molar-refractivity contribution in [1.82, 2.24) is 9.88 Å². The molecule has 152 valence electrons. The number of amides is 1. The standard InChI is InChI=1S/C21H22FN3O2S2/c1-3-29(2,27)18-10-5-4-7-15(18)20(26)24-11-13-25(14-12-24)21-23-19-16(22)8-6-9-17(19)28-21/h4-10H,2-3,11-14H2,1H3. The van der Waals surface area contributed by atoms with Crippen molar-refractivity contribution in [3.63, 3.8) is 0 Å². The maximum Gasteiger partial charge on any atom is 0.255 e. The SMILES string of the molecule is C=S(=O)(CC)c1ccccc1C(=O)N1CCN(c2nc3c(F)cccc3s2)CC1. The molecular formula is C21H22FN3O2S2. The van der Waals surface area contributed by atoms with Gasteiger partial charge in [-0.3, -0.25) is 9.00 Å². The van der Waals surface area contributed by atoms with E-state index in [1.54, 1.807) is 35.2 Å². The molecule has 1 unspecified atom stereocenters. The number of carbonyl (C=O) groups excluding carboxylic acids is 1. The van der Waals surface area contributed by atoms with E-state index in [9.17, 15) is 13.4 Å². The van der Waals surface area contributed by atoms with Gasteiger partial charge in [0.15, 0.2) is 5.13 Å². The molecule has 2 heterocycles. The first kappa shape index (κ1) is 19.8. The van der Waals surface area contributed by atoms with Gasteiger partial charge >= 0.3 is 0 Å². The summed E-state index contributed by atoms with van der Waals surface area (Å²) >= 11 is 1.46. The number of nitrogens with zero attached hydrogens (tertiary/aromatic N) is 3. The first-order chi connectivity index (χ1) is 13.9. The molecule has 1 aliphatic rings. The second-order valence-corrected chi connectivity index (χ2v) is 10.6. The van der Waals surface area contributed by atoms with Gasteiger partial charge in [0.25, 0.3) is 5.91 Å². The van der Waals surface area contributed by atoms with E-state index in [0.717, 1.165) is 9.83 Å². The monoisotopic (exact) mass is 431 g/mol. The highest BCUT2D eigenvalue weighted by Gasteiger charge is 2.26. The molecule has 0 N–H and O–H groups in total. The minimum absolute atomic E-state index is 0.125. The molecule has 1 atom stereocenters. The fourth-order valence-electron chi connectivity index (χ4n) is 3.43. The molecule has 5 nitrogen and oxygen atoms in total. The summed E-state index contributed by atoms with van der Waals surface area (Å²) < 4.78 is 27.5. The molecule has 0 aliphatic carbocycles.